The number of hydrogen-bond donors (Lipinski definition) is 1. The zero-order valence-corrected chi connectivity index (χ0v) is 17.2. The zero-order valence-electron chi connectivity index (χ0n) is 17.2. The number of benzene rings is 2. The van der Waals surface area contributed by atoms with Gasteiger partial charge in [-0.05, 0) is 54.7 Å². The number of carbonyl (C=O) groups is 1. The second-order valence-electron chi connectivity index (χ2n) is 8.34. The third-order valence-corrected chi connectivity index (χ3v) is 6.55. The first-order valence-corrected chi connectivity index (χ1v) is 10.7. The number of fused-ring (bicyclic) bond motifs is 3. The Balaban J connectivity index is 1.54. The zero-order chi connectivity index (χ0) is 20.7. The fraction of sp³-hybridized carbons (Fsp3) is 0.360. The smallest absolute Gasteiger partial charge is 0.254 e. The number of amides is 1. The monoisotopic (exact) mass is 402 g/mol. The summed E-state index contributed by atoms with van der Waals surface area (Å²) in [5.74, 6) is 0.857. The van der Waals surface area contributed by atoms with Gasteiger partial charge in [0, 0.05) is 29.3 Å². The van der Waals surface area contributed by atoms with E-state index in [1.54, 1.807) is 13.3 Å². The predicted octanol–water partition coefficient (Wildman–Crippen LogP) is 4.09. The van der Waals surface area contributed by atoms with Gasteiger partial charge in [-0.2, -0.15) is 0 Å². The van der Waals surface area contributed by atoms with E-state index in [1.807, 2.05) is 29.2 Å². The Kier molecular flexibility index (Phi) is 4.91. The molecule has 1 aliphatic carbocycles. The molecular weight excluding hydrogens is 376 g/mol. The highest BCUT2D eigenvalue weighted by molar-refractivity contribution is 6.04. The van der Waals surface area contributed by atoms with E-state index in [-0.39, 0.29) is 11.9 Å². The summed E-state index contributed by atoms with van der Waals surface area (Å²) in [5, 5.41) is 11.6. The molecule has 1 fully saturated rings. The van der Waals surface area contributed by atoms with Crippen molar-refractivity contribution >= 4 is 16.8 Å². The Morgan fingerprint density at radius 3 is 2.73 bits per heavy atom. The van der Waals surface area contributed by atoms with Crippen LogP contribution in [0, 0.1) is 0 Å². The van der Waals surface area contributed by atoms with Crippen LogP contribution in [0.2, 0.25) is 0 Å². The molecule has 5 nitrogen and oxygen atoms in total. The third kappa shape index (κ3) is 3.23. The number of nitrogens with zero attached hydrogens (tertiary/aromatic N) is 2. The number of aliphatic hydroxyl groups excluding tert-OH is 1. The van der Waals surface area contributed by atoms with Gasteiger partial charge in [-0.25, -0.2) is 0 Å². The highest BCUT2D eigenvalue weighted by atomic mass is 16.5. The van der Waals surface area contributed by atoms with Crippen LogP contribution in [-0.2, 0) is 13.0 Å². The maximum absolute atomic E-state index is 13.3. The summed E-state index contributed by atoms with van der Waals surface area (Å²) in [7, 11) is 1.66. The van der Waals surface area contributed by atoms with Crippen LogP contribution in [0.1, 0.15) is 52.7 Å². The van der Waals surface area contributed by atoms with E-state index in [9.17, 15) is 9.90 Å². The summed E-state index contributed by atoms with van der Waals surface area (Å²) >= 11 is 0. The Morgan fingerprint density at radius 2 is 1.97 bits per heavy atom. The minimum Gasteiger partial charge on any atom is -0.497 e. The molecule has 0 bridgehead atoms. The Morgan fingerprint density at radius 1 is 1.17 bits per heavy atom. The lowest BCUT2D eigenvalue weighted by molar-refractivity contribution is 0.0192. The molecule has 0 saturated heterocycles. The van der Waals surface area contributed by atoms with Crippen LogP contribution in [0.3, 0.4) is 0 Å². The summed E-state index contributed by atoms with van der Waals surface area (Å²) in [5.41, 5.74) is 4.89. The van der Waals surface area contributed by atoms with Gasteiger partial charge in [-0.1, -0.05) is 31.0 Å². The van der Waals surface area contributed by atoms with Gasteiger partial charge in [0.15, 0.2) is 0 Å². The molecule has 2 atom stereocenters. The number of carbonyl (C=O) groups excluding carboxylic acids is 1. The Labute approximate surface area is 176 Å². The molecule has 1 N–H and O–H groups in total. The van der Waals surface area contributed by atoms with Crippen LogP contribution >= 0.6 is 0 Å². The molecule has 1 saturated carbocycles. The number of hydrogen-bond acceptors (Lipinski definition) is 4. The summed E-state index contributed by atoms with van der Waals surface area (Å²) in [4.78, 5) is 19.9. The number of ether oxygens (including phenoxy) is 1. The molecule has 0 radical (unpaired) electrons. The number of aromatic nitrogens is 1. The lowest BCUT2D eigenvalue weighted by Gasteiger charge is -2.35. The first kappa shape index (κ1) is 19.1. The van der Waals surface area contributed by atoms with Crippen molar-refractivity contribution in [2.45, 2.75) is 50.8 Å². The van der Waals surface area contributed by atoms with Gasteiger partial charge in [0.2, 0.25) is 0 Å². The Bertz CT molecular complexity index is 1090. The average molecular weight is 402 g/mol. The summed E-state index contributed by atoms with van der Waals surface area (Å²) in [6, 6.07) is 14.0. The molecule has 3 aromatic rings. The molecule has 0 spiro atoms. The third-order valence-electron chi connectivity index (χ3n) is 6.55. The first-order chi connectivity index (χ1) is 14.7. The van der Waals surface area contributed by atoms with Crippen molar-refractivity contribution in [2.75, 3.05) is 7.11 Å². The molecule has 5 rings (SSSR count). The molecule has 2 aromatic carbocycles. The SMILES string of the molecule is COc1ccc(Cc2cc3c(c4ncccc24)CN(C2CCCCC2O)C3=O)cc1. The van der Waals surface area contributed by atoms with E-state index in [0.29, 0.717) is 6.54 Å². The van der Waals surface area contributed by atoms with Crippen molar-refractivity contribution in [1.82, 2.24) is 9.88 Å². The van der Waals surface area contributed by atoms with Crippen molar-refractivity contribution in [3.05, 3.63) is 70.9 Å². The van der Waals surface area contributed by atoms with Crippen molar-refractivity contribution < 1.29 is 14.6 Å². The molecular formula is C25H26N2O3. The van der Waals surface area contributed by atoms with E-state index < -0.39 is 6.10 Å². The van der Waals surface area contributed by atoms with Gasteiger partial charge in [-0.15, -0.1) is 0 Å². The first-order valence-electron chi connectivity index (χ1n) is 10.7. The highest BCUT2D eigenvalue weighted by Crippen LogP contribution is 2.36. The molecule has 2 unspecified atom stereocenters. The summed E-state index contributed by atoms with van der Waals surface area (Å²) < 4.78 is 5.26. The molecule has 154 valence electrons. The largest absolute Gasteiger partial charge is 0.497 e. The minimum absolute atomic E-state index is 0.0273. The van der Waals surface area contributed by atoms with Crippen molar-refractivity contribution in [3.8, 4) is 5.75 Å². The fourth-order valence-corrected chi connectivity index (χ4v) is 4.95. The van der Waals surface area contributed by atoms with Gasteiger partial charge in [-0.3, -0.25) is 9.78 Å². The van der Waals surface area contributed by atoms with Crippen LogP contribution in [-0.4, -0.2) is 40.2 Å². The second-order valence-corrected chi connectivity index (χ2v) is 8.34. The fourth-order valence-electron chi connectivity index (χ4n) is 4.95. The molecule has 1 aromatic heterocycles. The quantitative estimate of drug-likeness (QED) is 0.714. The standard InChI is InChI=1S/C25H26N2O3/c1-30-18-10-8-16(9-11-18)13-17-14-20-21(24-19(17)5-4-12-26-24)15-27(25(20)29)22-6-2-3-7-23(22)28/h4-5,8-12,14,22-23,28H,2-3,6-7,13,15H2,1H3. The topological polar surface area (TPSA) is 62.7 Å². The molecule has 2 heterocycles. The molecule has 2 aliphatic rings. The minimum atomic E-state index is -0.435. The maximum Gasteiger partial charge on any atom is 0.254 e. The molecule has 5 heteroatoms. The Hall–Kier alpha value is -2.92. The van der Waals surface area contributed by atoms with Gasteiger partial charge in [0.05, 0.1) is 24.8 Å². The predicted molar refractivity (Wildman–Crippen MR) is 116 cm³/mol. The van der Waals surface area contributed by atoms with E-state index in [4.69, 9.17) is 4.74 Å². The number of aliphatic hydroxyl groups is 1. The molecule has 1 aliphatic heterocycles. The normalized spacial score (nSPS) is 21.1. The molecule has 1 amide bonds. The van der Waals surface area contributed by atoms with Gasteiger partial charge in [0.1, 0.15) is 5.75 Å². The van der Waals surface area contributed by atoms with E-state index in [0.717, 1.165) is 71.0 Å². The van der Waals surface area contributed by atoms with E-state index >= 15 is 0 Å². The summed E-state index contributed by atoms with van der Waals surface area (Å²) in [6.45, 7) is 0.534. The van der Waals surface area contributed by atoms with E-state index in [1.165, 1.54) is 0 Å². The molecule has 30 heavy (non-hydrogen) atoms. The van der Waals surface area contributed by atoms with Crippen molar-refractivity contribution in [2.24, 2.45) is 0 Å². The number of methoxy groups -OCH3 is 1. The average Bonchev–Trinajstić information content (AvgIpc) is 3.11. The van der Waals surface area contributed by atoms with Gasteiger partial charge < -0.3 is 14.7 Å². The van der Waals surface area contributed by atoms with Crippen molar-refractivity contribution in [3.63, 3.8) is 0 Å². The summed E-state index contributed by atoms with van der Waals surface area (Å²) in [6.07, 6.45) is 5.81. The maximum atomic E-state index is 13.3. The van der Waals surface area contributed by atoms with Gasteiger partial charge in [0.25, 0.3) is 5.91 Å². The van der Waals surface area contributed by atoms with Crippen LogP contribution in [0.5, 0.6) is 5.75 Å². The van der Waals surface area contributed by atoms with Crippen LogP contribution < -0.4 is 4.74 Å². The highest BCUT2D eigenvalue weighted by Gasteiger charge is 2.38. The van der Waals surface area contributed by atoms with Crippen molar-refractivity contribution in [1.29, 1.82) is 0 Å². The number of rotatable bonds is 4. The van der Waals surface area contributed by atoms with Crippen LogP contribution in [0.4, 0.5) is 0 Å². The van der Waals surface area contributed by atoms with E-state index in [2.05, 4.69) is 23.2 Å². The van der Waals surface area contributed by atoms with Crippen LogP contribution in [0.25, 0.3) is 10.9 Å². The lowest BCUT2D eigenvalue weighted by atomic mass is 9.91. The van der Waals surface area contributed by atoms with Crippen LogP contribution in [0.15, 0.2) is 48.7 Å². The van der Waals surface area contributed by atoms with Gasteiger partial charge >= 0.3 is 0 Å². The lowest BCUT2D eigenvalue weighted by Crippen LogP contribution is -2.45. The second kappa shape index (κ2) is 7.73. The number of pyridine rings is 1.